The maximum atomic E-state index is 13.6. The molecule has 2 atom stereocenters. The molecule has 3 rings (SSSR count). The number of likely N-dealkylation sites (tertiary alicyclic amines) is 1. The van der Waals surface area contributed by atoms with Crippen LogP contribution < -0.4 is 5.32 Å². The van der Waals surface area contributed by atoms with Crippen LogP contribution in [0.4, 0.5) is 18.9 Å². The van der Waals surface area contributed by atoms with Crippen molar-refractivity contribution in [2.24, 2.45) is 11.8 Å². The molecule has 1 fully saturated rings. The minimum absolute atomic E-state index is 0.0850. The Labute approximate surface area is 153 Å². The number of imide groups is 1. The minimum Gasteiger partial charge on any atom is -0.322 e. The van der Waals surface area contributed by atoms with Gasteiger partial charge < -0.3 is 5.32 Å². The molecule has 1 aliphatic heterocycles. The van der Waals surface area contributed by atoms with Gasteiger partial charge in [-0.3, -0.25) is 24.2 Å². The quantitative estimate of drug-likeness (QED) is 0.480. The predicted octanol–water partition coefficient (Wildman–Crippen LogP) is 1.88. The van der Waals surface area contributed by atoms with Crippen molar-refractivity contribution in [2.75, 3.05) is 25.6 Å². The number of likely N-dealkylation sites (N-methyl/N-ethyl adjacent to an activating group) is 1. The molecule has 0 saturated carbocycles. The molecule has 6 nitrogen and oxygen atoms in total. The lowest BCUT2D eigenvalue weighted by Crippen LogP contribution is -2.43. The van der Waals surface area contributed by atoms with Crippen LogP contribution in [0.2, 0.25) is 0 Å². The maximum Gasteiger partial charge on any atom is 0.238 e. The Hall–Kier alpha value is -2.68. The zero-order valence-corrected chi connectivity index (χ0v) is 14.5. The number of carbonyl (C=O) groups is 3. The molecule has 0 spiro atoms. The first-order chi connectivity index (χ1) is 12.8. The molecule has 0 aromatic heterocycles. The number of amides is 3. The zero-order valence-electron chi connectivity index (χ0n) is 14.5. The largest absolute Gasteiger partial charge is 0.322 e. The number of carbonyl (C=O) groups excluding carboxylic acids is 3. The van der Waals surface area contributed by atoms with Crippen molar-refractivity contribution >= 4 is 23.4 Å². The Morgan fingerprint density at radius 1 is 1.11 bits per heavy atom. The highest BCUT2D eigenvalue weighted by molar-refractivity contribution is 6.05. The summed E-state index contributed by atoms with van der Waals surface area (Å²) in [6, 6.07) is 1.62. The number of rotatable bonds is 5. The van der Waals surface area contributed by atoms with E-state index < -0.39 is 29.0 Å². The molecule has 27 heavy (non-hydrogen) atoms. The summed E-state index contributed by atoms with van der Waals surface area (Å²) in [5.41, 5.74) is -0.488. The van der Waals surface area contributed by atoms with E-state index in [-0.39, 0.29) is 36.9 Å². The summed E-state index contributed by atoms with van der Waals surface area (Å²) in [5.74, 6) is -6.48. The van der Waals surface area contributed by atoms with Crippen molar-refractivity contribution in [1.29, 1.82) is 0 Å². The van der Waals surface area contributed by atoms with Crippen LogP contribution in [0.5, 0.6) is 0 Å². The number of allylic oxidation sites excluding steroid dienone is 2. The highest BCUT2D eigenvalue weighted by Crippen LogP contribution is 2.34. The number of hydrogen-bond donors (Lipinski definition) is 1. The van der Waals surface area contributed by atoms with Gasteiger partial charge in [-0.05, 0) is 32.0 Å². The van der Waals surface area contributed by atoms with Crippen LogP contribution in [0.15, 0.2) is 24.3 Å². The summed E-state index contributed by atoms with van der Waals surface area (Å²) in [6.45, 7) is -0.360. The molecule has 0 radical (unpaired) electrons. The van der Waals surface area contributed by atoms with Crippen LogP contribution in [-0.4, -0.2) is 47.8 Å². The Morgan fingerprint density at radius 2 is 1.70 bits per heavy atom. The first-order valence-electron chi connectivity index (χ1n) is 8.41. The van der Waals surface area contributed by atoms with Crippen molar-refractivity contribution < 1.29 is 27.6 Å². The summed E-state index contributed by atoms with van der Waals surface area (Å²) in [5, 5.41) is 2.15. The molecule has 0 unspecified atom stereocenters. The third-order valence-electron chi connectivity index (χ3n) is 4.70. The molecule has 1 saturated heterocycles. The van der Waals surface area contributed by atoms with E-state index in [1.165, 1.54) is 11.9 Å². The standard InChI is InChI=1S/C18H18F3N3O3/c1-23(8-14(25)22-13-7-6-12(19)15(20)16(13)21)9-24-17(26)10-4-2-3-5-11(10)18(24)27/h2-3,6-7,10-11H,4-5,8-9H2,1H3,(H,22,25)/t10-,11-/m0/s1. The van der Waals surface area contributed by atoms with Gasteiger partial charge in [0, 0.05) is 0 Å². The highest BCUT2D eigenvalue weighted by atomic mass is 19.2. The molecule has 1 aliphatic carbocycles. The second-order valence-electron chi connectivity index (χ2n) is 6.69. The average Bonchev–Trinajstić information content (AvgIpc) is 2.87. The Morgan fingerprint density at radius 3 is 2.30 bits per heavy atom. The van der Waals surface area contributed by atoms with Crippen molar-refractivity contribution in [3.63, 3.8) is 0 Å². The number of nitrogens with one attached hydrogen (secondary N) is 1. The van der Waals surface area contributed by atoms with Gasteiger partial charge in [0.2, 0.25) is 17.7 Å². The fourth-order valence-electron chi connectivity index (χ4n) is 3.36. The van der Waals surface area contributed by atoms with E-state index in [1.807, 2.05) is 12.2 Å². The molecule has 144 valence electrons. The normalized spacial score (nSPS) is 21.7. The van der Waals surface area contributed by atoms with Gasteiger partial charge in [-0.2, -0.15) is 0 Å². The van der Waals surface area contributed by atoms with Crippen molar-refractivity contribution in [3.8, 4) is 0 Å². The van der Waals surface area contributed by atoms with Gasteiger partial charge in [-0.15, -0.1) is 0 Å². The van der Waals surface area contributed by atoms with Gasteiger partial charge in [0.1, 0.15) is 0 Å². The number of fused-ring (bicyclic) bond motifs is 1. The molecule has 9 heteroatoms. The fourth-order valence-corrected chi connectivity index (χ4v) is 3.36. The Bertz CT molecular complexity index is 802. The topological polar surface area (TPSA) is 69.7 Å². The number of anilines is 1. The van der Waals surface area contributed by atoms with Crippen molar-refractivity contribution in [3.05, 3.63) is 41.7 Å². The van der Waals surface area contributed by atoms with Crippen LogP contribution in [0, 0.1) is 29.3 Å². The minimum atomic E-state index is -1.68. The lowest BCUT2D eigenvalue weighted by Gasteiger charge is -2.22. The Kier molecular flexibility index (Phi) is 5.31. The van der Waals surface area contributed by atoms with Crippen LogP contribution in [0.1, 0.15) is 12.8 Å². The number of halogens is 3. The molecule has 0 bridgehead atoms. The molecular formula is C18H18F3N3O3. The van der Waals surface area contributed by atoms with Crippen molar-refractivity contribution in [1.82, 2.24) is 9.80 Å². The number of nitrogens with zero attached hydrogens (tertiary/aromatic N) is 2. The van der Waals surface area contributed by atoms with Crippen LogP contribution in [0.25, 0.3) is 0 Å². The number of hydrogen-bond acceptors (Lipinski definition) is 4. The number of benzene rings is 1. The van der Waals surface area contributed by atoms with Gasteiger partial charge in [0.15, 0.2) is 17.5 Å². The Balaban J connectivity index is 1.59. The zero-order chi connectivity index (χ0) is 19.7. The summed E-state index contributed by atoms with van der Waals surface area (Å²) < 4.78 is 39.7. The third kappa shape index (κ3) is 3.73. The second kappa shape index (κ2) is 7.51. The summed E-state index contributed by atoms with van der Waals surface area (Å²) in [4.78, 5) is 39.3. The summed E-state index contributed by atoms with van der Waals surface area (Å²) in [6.07, 6.45) is 4.80. The van der Waals surface area contributed by atoms with Crippen LogP contribution >= 0.6 is 0 Å². The van der Waals surface area contributed by atoms with Crippen LogP contribution in [-0.2, 0) is 14.4 Å². The van der Waals surface area contributed by atoms with E-state index in [0.29, 0.717) is 18.9 Å². The summed E-state index contributed by atoms with van der Waals surface area (Å²) in [7, 11) is 1.52. The molecule has 1 aromatic carbocycles. The molecular weight excluding hydrogens is 363 g/mol. The van der Waals surface area contributed by atoms with Gasteiger partial charge in [-0.1, -0.05) is 12.2 Å². The van der Waals surface area contributed by atoms with Crippen LogP contribution in [0.3, 0.4) is 0 Å². The van der Waals surface area contributed by atoms with E-state index >= 15 is 0 Å². The SMILES string of the molecule is CN(CC(=O)Nc1ccc(F)c(F)c1F)CN1C(=O)[C@H]2CC=CC[C@@H]2C1=O. The van der Waals surface area contributed by atoms with E-state index in [9.17, 15) is 27.6 Å². The fraction of sp³-hybridized carbons (Fsp3) is 0.389. The molecule has 1 heterocycles. The molecule has 1 N–H and O–H groups in total. The lowest BCUT2D eigenvalue weighted by atomic mass is 9.85. The van der Waals surface area contributed by atoms with E-state index in [4.69, 9.17) is 0 Å². The van der Waals surface area contributed by atoms with Gasteiger partial charge >= 0.3 is 0 Å². The van der Waals surface area contributed by atoms with Gasteiger partial charge in [-0.25, -0.2) is 13.2 Å². The van der Waals surface area contributed by atoms with Gasteiger partial charge in [0.05, 0.1) is 30.7 Å². The second-order valence-corrected chi connectivity index (χ2v) is 6.69. The van der Waals surface area contributed by atoms with E-state index in [2.05, 4.69) is 5.32 Å². The third-order valence-corrected chi connectivity index (χ3v) is 4.70. The lowest BCUT2D eigenvalue weighted by molar-refractivity contribution is -0.142. The van der Waals surface area contributed by atoms with Crippen molar-refractivity contribution in [2.45, 2.75) is 12.8 Å². The highest BCUT2D eigenvalue weighted by Gasteiger charge is 2.47. The first kappa shape index (κ1) is 19.1. The molecule has 3 amide bonds. The molecule has 2 aliphatic rings. The predicted molar refractivity (Wildman–Crippen MR) is 89.6 cm³/mol. The molecule has 1 aromatic rings. The monoisotopic (exact) mass is 381 g/mol. The average molecular weight is 381 g/mol. The van der Waals surface area contributed by atoms with E-state index in [1.54, 1.807) is 0 Å². The summed E-state index contributed by atoms with van der Waals surface area (Å²) >= 11 is 0. The smallest absolute Gasteiger partial charge is 0.238 e. The maximum absolute atomic E-state index is 13.6. The first-order valence-corrected chi connectivity index (χ1v) is 8.41. The van der Waals surface area contributed by atoms with Gasteiger partial charge in [0.25, 0.3) is 0 Å². The van der Waals surface area contributed by atoms with E-state index in [0.717, 1.165) is 11.0 Å².